The molecule has 0 radical (unpaired) electrons. The van der Waals surface area contributed by atoms with Gasteiger partial charge in [0.15, 0.2) is 0 Å². The molecule has 2 N–H and O–H groups in total. The number of methoxy groups -OCH3 is 1. The first-order valence-corrected chi connectivity index (χ1v) is 15.2. The molecule has 0 bridgehead atoms. The van der Waals surface area contributed by atoms with E-state index in [4.69, 9.17) is 19.2 Å². The van der Waals surface area contributed by atoms with Crippen molar-refractivity contribution in [3.8, 4) is 28.3 Å². The minimum atomic E-state index is -4.60. The van der Waals surface area contributed by atoms with Crippen molar-refractivity contribution in [3.05, 3.63) is 71.8 Å². The van der Waals surface area contributed by atoms with Gasteiger partial charge in [-0.3, -0.25) is 4.79 Å². The number of halogens is 3. The van der Waals surface area contributed by atoms with Gasteiger partial charge in [-0.1, -0.05) is 30.3 Å². The van der Waals surface area contributed by atoms with Crippen molar-refractivity contribution in [1.82, 2.24) is 20.2 Å². The van der Waals surface area contributed by atoms with E-state index in [1.807, 2.05) is 0 Å². The monoisotopic (exact) mass is 654 g/mol. The Bertz CT molecular complexity index is 1720. The number of ether oxygens (including phenoxy) is 3. The van der Waals surface area contributed by atoms with Crippen LogP contribution in [0.3, 0.4) is 0 Å². The van der Waals surface area contributed by atoms with Crippen LogP contribution in [0.2, 0.25) is 0 Å². The van der Waals surface area contributed by atoms with Gasteiger partial charge in [-0.15, -0.1) is 0 Å². The summed E-state index contributed by atoms with van der Waals surface area (Å²) in [7, 11) is 1.51. The van der Waals surface area contributed by atoms with Gasteiger partial charge >= 0.3 is 18.2 Å². The van der Waals surface area contributed by atoms with E-state index in [1.165, 1.54) is 12.0 Å². The lowest BCUT2D eigenvalue weighted by molar-refractivity contribution is -0.153. The number of esters is 1. The number of fused-ring (bicyclic) bond motifs is 1. The first kappa shape index (κ1) is 35.3. The Kier molecular flexibility index (Phi) is 10.5. The van der Waals surface area contributed by atoms with Crippen molar-refractivity contribution in [2.45, 2.75) is 65.5 Å². The molecule has 0 spiro atoms. The minimum absolute atomic E-state index is 0.0407. The van der Waals surface area contributed by atoms with E-state index in [0.717, 1.165) is 12.1 Å². The van der Waals surface area contributed by atoms with E-state index < -0.39 is 35.0 Å². The van der Waals surface area contributed by atoms with E-state index >= 15 is 0 Å². The summed E-state index contributed by atoms with van der Waals surface area (Å²) < 4.78 is 58.6. The smallest absolute Gasteiger partial charge is 0.416 e. The van der Waals surface area contributed by atoms with Crippen LogP contribution in [-0.2, 0) is 27.0 Å². The van der Waals surface area contributed by atoms with Crippen LogP contribution in [0.25, 0.3) is 33.5 Å². The van der Waals surface area contributed by atoms with Crippen LogP contribution in [0.15, 0.2) is 60.7 Å². The maximum atomic E-state index is 14.1. The van der Waals surface area contributed by atoms with Crippen molar-refractivity contribution < 1.29 is 37.0 Å². The molecule has 1 aromatic heterocycles. The number of carbonyl (C=O) groups is 2. The van der Waals surface area contributed by atoms with Crippen molar-refractivity contribution in [3.63, 3.8) is 0 Å². The van der Waals surface area contributed by atoms with Crippen LogP contribution >= 0.6 is 0 Å². The highest BCUT2D eigenvalue weighted by Gasteiger charge is 2.32. The Morgan fingerprint density at radius 1 is 0.894 bits per heavy atom. The second-order valence-electron chi connectivity index (χ2n) is 13.1. The highest BCUT2D eigenvalue weighted by Crippen LogP contribution is 2.38. The number of aromatic nitrogens is 2. The van der Waals surface area contributed by atoms with E-state index in [9.17, 15) is 22.8 Å². The number of benzene rings is 3. The molecule has 0 aliphatic rings. The van der Waals surface area contributed by atoms with Gasteiger partial charge in [0.25, 0.3) is 0 Å². The number of amides is 1. The zero-order valence-electron chi connectivity index (χ0n) is 27.7. The Balaban J connectivity index is 1.66. The summed E-state index contributed by atoms with van der Waals surface area (Å²) in [5, 5.41) is 2.99. The molecule has 0 unspecified atom stereocenters. The van der Waals surface area contributed by atoms with Crippen molar-refractivity contribution in [1.29, 1.82) is 0 Å². The molecule has 47 heavy (non-hydrogen) atoms. The molecule has 3 aromatic carbocycles. The fourth-order valence-electron chi connectivity index (χ4n) is 4.87. The first-order valence-electron chi connectivity index (χ1n) is 15.2. The lowest BCUT2D eigenvalue weighted by atomic mass is 9.99. The van der Waals surface area contributed by atoms with Gasteiger partial charge in [0.2, 0.25) is 0 Å². The molecule has 1 heterocycles. The Labute approximate surface area is 272 Å². The zero-order chi connectivity index (χ0) is 34.6. The number of nitrogens with zero attached hydrogens (tertiary/aromatic N) is 2. The predicted octanol–water partition coefficient (Wildman–Crippen LogP) is 7.59. The lowest BCUT2D eigenvalue weighted by Crippen LogP contribution is -2.41. The third-order valence-electron chi connectivity index (χ3n) is 6.79. The van der Waals surface area contributed by atoms with E-state index in [2.05, 4.69) is 10.3 Å². The number of aromatic amines is 1. The summed E-state index contributed by atoms with van der Waals surface area (Å²) in [6, 6.07) is 16.2. The number of carbonyl (C=O) groups excluding carboxylic acids is 2. The fraction of sp³-hybridized carbons (Fsp3) is 0.400. The Morgan fingerprint density at radius 2 is 1.60 bits per heavy atom. The molecular weight excluding hydrogens is 613 g/mol. The number of hydrogen-bond acceptors (Lipinski definition) is 7. The second kappa shape index (κ2) is 14.0. The van der Waals surface area contributed by atoms with Crippen LogP contribution in [0, 0.1) is 0 Å². The molecular formula is C35H41F3N4O5. The summed E-state index contributed by atoms with van der Waals surface area (Å²) in [6.07, 6.45) is -5.17. The molecule has 0 aliphatic heterocycles. The van der Waals surface area contributed by atoms with Crippen molar-refractivity contribution >= 4 is 23.1 Å². The molecule has 0 aliphatic carbocycles. The summed E-state index contributed by atoms with van der Waals surface area (Å²) in [5.41, 5.74) is 0.388. The standard InChI is InChI=1S/C35H41F3N4O5/c1-33(2,3)46-29(43)20-39-15-16-42(32(44)47-34(4,5)6)21-22-11-10-12-23(17-22)26-18-24(35(36,37)38)19-27-30(26)41-31(40-27)25-13-8-9-14-28(25)45-7/h8-14,17-19,39H,15-16,20-21H2,1-7H3,(H,40,41). The third-order valence-corrected chi connectivity index (χ3v) is 6.79. The van der Waals surface area contributed by atoms with Gasteiger partial charge in [0.1, 0.15) is 22.8 Å². The number of hydrogen-bond donors (Lipinski definition) is 2. The highest BCUT2D eigenvalue weighted by molar-refractivity contribution is 5.95. The summed E-state index contributed by atoms with van der Waals surface area (Å²) in [4.78, 5) is 34.5. The number of nitrogens with one attached hydrogen (secondary N) is 2. The van der Waals surface area contributed by atoms with Gasteiger partial charge in [-0.05, 0) is 83.0 Å². The largest absolute Gasteiger partial charge is 0.496 e. The fourth-order valence-corrected chi connectivity index (χ4v) is 4.87. The van der Waals surface area contributed by atoms with Crippen LogP contribution in [0.5, 0.6) is 5.75 Å². The highest BCUT2D eigenvalue weighted by atomic mass is 19.4. The average Bonchev–Trinajstić information content (AvgIpc) is 3.40. The topological polar surface area (TPSA) is 106 Å². The minimum Gasteiger partial charge on any atom is -0.496 e. The van der Waals surface area contributed by atoms with E-state index in [1.54, 1.807) is 90.1 Å². The third kappa shape index (κ3) is 9.71. The summed E-state index contributed by atoms with van der Waals surface area (Å²) >= 11 is 0. The van der Waals surface area contributed by atoms with Gasteiger partial charge in [-0.2, -0.15) is 13.2 Å². The maximum absolute atomic E-state index is 14.1. The van der Waals surface area contributed by atoms with Gasteiger partial charge in [0, 0.05) is 25.2 Å². The molecule has 4 aromatic rings. The van der Waals surface area contributed by atoms with Crippen molar-refractivity contribution in [2.24, 2.45) is 0 Å². The quantitative estimate of drug-likeness (QED) is 0.134. The molecule has 1 amide bonds. The lowest BCUT2D eigenvalue weighted by Gasteiger charge is -2.28. The van der Waals surface area contributed by atoms with Gasteiger partial charge in [-0.25, -0.2) is 9.78 Å². The number of alkyl halides is 3. The van der Waals surface area contributed by atoms with Crippen LogP contribution in [0.1, 0.15) is 52.7 Å². The summed E-state index contributed by atoms with van der Waals surface area (Å²) in [6.45, 7) is 11.1. The zero-order valence-corrected chi connectivity index (χ0v) is 27.7. The number of para-hydroxylation sites is 1. The molecule has 0 fully saturated rings. The van der Waals surface area contributed by atoms with Crippen LogP contribution in [0.4, 0.5) is 18.0 Å². The second-order valence-corrected chi connectivity index (χ2v) is 13.1. The molecule has 12 heteroatoms. The number of H-pyrrole nitrogens is 1. The predicted molar refractivity (Wildman–Crippen MR) is 174 cm³/mol. The molecule has 252 valence electrons. The summed E-state index contributed by atoms with van der Waals surface area (Å²) in [5.74, 6) is 0.465. The first-order chi connectivity index (χ1) is 21.9. The van der Waals surface area contributed by atoms with Crippen LogP contribution < -0.4 is 10.1 Å². The van der Waals surface area contributed by atoms with Crippen molar-refractivity contribution in [2.75, 3.05) is 26.7 Å². The normalized spacial score (nSPS) is 12.2. The number of rotatable bonds is 10. The molecule has 0 saturated carbocycles. The Hall–Kier alpha value is -4.58. The molecule has 0 saturated heterocycles. The molecule has 9 nitrogen and oxygen atoms in total. The average molecular weight is 655 g/mol. The van der Waals surface area contributed by atoms with Crippen LogP contribution in [-0.4, -0.2) is 64.9 Å². The van der Waals surface area contributed by atoms with Gasteiger partial charge < -0.3 is 29.4 Å². The Morgan fingerprint density at radius 3 is 2.26 bits per heavy atom. The van der Waals surface area contributed by atoms with Gasteiger partial charge in [0.05, 0.1) is 35.8 Å². The van der Waals surface area contributed by atoms with E-state index in [-0.39, 0.29) is 37.3 Å². The maximum Gasteiger partial charge on any atom is 0.416 e. The SMILES string of the molecule is COc1ccccc1-c1nc2c(-c3cccc(CN(CCNCC(=O)OC(C)(C)C)C(=O)OC(C)(C)C)c3)cc(C(F)(F)F)cc2[nH]1. The molecule has 0 atom stereocenters. The van der Waals surface area contributed by atoms with E-state index in [0.29, 0.717) is 33.8 Å². The number of imidazole rings is 1. The molecule has 4 rings (SSSR count).